The minimum absolute atomic E-state index is 0.436. The minimum atomic E-state index is 0.436. The Morgan fingerprint density at radius 1 is 1.26 bits per heavy atom. The molecule has 1 aliphatic rings. The summed E-state index contributed by atoms with van der Waals surface area (Å²) in [5, 5.41) is 3.67. The van der Waals surface area contributed by atoms with Gasteiger partial charge in [0.05, 0.1) is 7.11 Å². The Bertz CT molecular complexity index is 444. The molecular weight excluding hydrogens is 302 g/mol. The van der Waals surface area contributed by atoms with Gasteiger partial charge in [-0.25, -0.2) is 0 Å². The zero-order valence-corrected chi connectivity index (χ0v) is 13.9. The quantitative estimate of drug-likeness (QED) is 0.836. The second kappa shape index (κ2) is 5.74. The third-order valence-corrected chi connectivity index (χ3v) is 4.32. The number of rotatable bonds is 3. The first-order valence-electron chi connectivity index (χ1n) is 6.99. The molecule has 1 aromatic carbocycles. The molecule has 0 saturated heterocycles. The predicted octanol–water partition coefficient (Wildman–Crippen LogP) is 5.08. The van der Waals surface area contributed by atoms with Crippen molar-refractivity contribution in [3.05, 3.63) is 22.7 Å². The predicted molar refractivity (Wildman–Crippen MR) is 84.9 cm³/mol. The van der Waals surface area contributed by atoms with Gasteiger partial charge in [-0.05, 0) is 42.7 Å². The van der Waals surface area contributed by atoms with E-state index in [9.17, 15) is 0 Å². The summed E-state index contributed by atoms with van der Waals surface area (Å²) in [7, 11) is 1.71. The van der Waals surface area contributed by atoms with Crippen LogP contribution in [-0.4, -0.2) is 13.2 Å². The van der Waals surface area contributed by atoms with E-state index in [-0.39, 0.29) is 0 Å². The molecule has 19 heavy (non-hydrogen) atoms. The van der Waals surface area contributed by atoms with Crippen molar-refractivity contribution in [3.63, 3.8) is 0 Å². The average Bonchev–Trinajstić information content (AvgIpc) is 2.24. The Labute approximate surface area is 125 Å². The Balaban J connectivity index is 2.10. The zero-order chi connectivity index (χ0) is 14.0. The van der Waals surface area contributed by atoms with Gasteiger partial charge in [0.2, 0.25) is 0 Å². The lowest BCUT2D eigenvalue weighted by Crippen LogP contribution is -2.35. The van der Waals surface area contributed by atoms with Gasteiger partial charge >= 0.3 is 0 Å². The van der Waals surface area contributed by atoms with Crippen molar-refractivity contribution in [3.8, 4) is 5.75 Å². The topological polar surface area (TPSA) is 21.3 Å². The summed E-state index contributed by atoms with van der Waals surface area (Å²) in [4.78, 5) is 0. The first-order chi connectivity index (χ1) is 8.88. The first-order valence-corrected chi connectivity index (χ1v) is 7.78. The summed E-state index contributed by atoms with van der Waals surface area (Å²) in [6, 6.07) is 6.72. The maximum atomic E-state index is 5.32. The molecule has 2 atom stereocenters. The minimum Gasteiger partial charge on any atom is -0.497 e. The molecule has 0 amide bonds. The zero-order valence-electron chi connectivity index (χ0n) is 12.3. The highest BCUT2D eigenvalue weighted by molar-refractivity contribution is 9.10. The van der Waals surface area contributed by atoms with Crippen molar-refractivity contribution in [2.75, 3.05) is 12.4 Å². The second-order valence-electron chi connectivity index (χ2n) is 6.63. The van der Waals surface area contributed by atoms with Gasteiger partial charge in [-0.1, -0.05) is 36.7 Å². The number of benzene rings is 1. The standard InChI is InChI=1S/C16H24BrNO/c1-11-5-14(10-16(2,3)9-11)18-13-6-12(17)7-15(8-13)19-4/h6-8,11,14,18H,5,9-10H2,1-4H3. The molecule has 1 N–H and O–H groups in total. The van der Waals surface area contributed by atoms with Crippen molar-refractivity contribution in [1.29, 1.82) is 0 Å². The normalized spacial score (nSPS) is 25.9. The molecule has 0 aromatic heterocycles. The van der Waals surface area contributed by atoms with Gasteiger partial charge in [-0.15, -0.1) is 0 Å². The van der Waals surface area contributed by atoms with Gasteiger partial charge in [-0.3, -0.25) is 0 Å². The second-order valence-corrected chi connectivity index (χ2v) is 7.55. The summed E-state index contributed by atoms with van der Waals surface area (Å²) in [6.45, 7) is 7.11. The molecule has 0 spiro atoms. The average molecular weight is 326 g/mol. The molecule has 2 rings (SSSR count). The molecule has 0 radical (unpaired) electrons. The van der Waals surface area contributed by atoms with Gasteiger partial charge in [0.1, 0.15) is 5.75 Å². The summed E-state index contributed by atoms with van der Waals surface area (Å²) in [5.74, 6) is 1.68. The number of hydrogen-bond donors (Lipinski definition) is 1. The van der Waals surface area contributed by atoms with Crippen LogP contribution in [0, 0.1) is 11.3 Å². The van der Waals surface area contributed by atoms with Crippen LogP contribution in [0.5, 0.6) is 5.75 Å². The van der Waals surface area contributed by atoms with Gasteiger partial charge in [-0.2, -0.15) is 0 Å². The summed E-state index contributed by atoms with van der Waals surface area (Å²) in [6.07, 6.45) is 3.80. The molecule has 1 fully saturated rings. The SMILES string of the molecule is COc1cc(Br)cc(NC2CC(C)CC(C)(C)C2)c1. The summed E-state index contributed by atoms with van der Waals surface area (Å²) in [5.41, 5.74) is 1.58. The van der Waals surface area contributed by atoms with E-state index in [1.54, 1.807) is 7.11 Å². The van der Waals surface area contributed by atoms with E-state index >= 15 is 0 Å². The van der Waals surface area contributed by atoms with Crippen LogP contribution in [0.15, 0.2) is 22.7 Å². The van der Waals surface area contributed by atoms with E-state index in [0.29, 0.717) is 11.5 Å². The monoisotopic (exact) mass is 325 g/mol. The fourth-order valence-corrected chi connectivity index (χ4v) is 3.93. The van der Waals surface area contributed by atoms with Crippen LogP contribution in [-0.2, 0) is 0 Å². The lowest BCUT2D eigenvalue weighted by atomic mass is 9.70. The molecule has 2 nitrogen and oxygen atoms in total. The number of methoxy groups -OCH3 is 1. The fourth-order valence-electron chi connectivity index (χ4n) is 3.46. The van der Waals surface area contributed by atoms with Crippen molar-refractivity contribution in [2.24, 2.45) is 11.3 Å². The van der Waals surface area contributed by atoms with Crippen molar-refractivity contribution in [2.45, 2.75) is 46.1 Å². The van der Waals surface area contributed by atoms with Crippen molar-refractivity contribution >= 4 is 21.6 Å². The number of halogens is 1. The first kappa shape index (κ1) is 14.7. The van der Waals surface area contributed by atoms with E-state index in [0.717, 1.165) is 21.8 Å². The summed E-state index contributed by atoms with van der Waals surface area (Å²) < 4.78 is 6.37. The Kier molecular flexibility index (Phi) is 4.44. The third kappa shape index (κ3) is 4.13. The fraction of sp³-hybridized carbons (Fsp3) is 0.625. The van der Waals surface area contributed by atoms with Crippen LogP contribution in [0.25, 0.3) is 0 Å². The molecule has 1 aromatic rings. The van der Waals surface area contributed by atoms with E-state index in [2.05, 4.69) is 54.2 Å². The number of hydrogen-bond acceptors (Lipinski definition) is 2. The van der Waals surface area contributed by atoms with E-state index < -0.39 is 0 Å². The lowest BCUT2D eigenvalue weighted by molar-refractivity contribution is 0.178. The molecule has 0 heterocycles. The molecule has 106 valence electrons. The van der Waals surface area contributed by atoms with E-state index in [1.807, 2.05) is 6.07 Å². The Hall–Kier alpha value is -0.700. The molecule has 3 heteroatoms. The van der Waals surface area contributed by atoms with E-state index in [4.69, 9.17) is 4.74 Å². The number of nitrogens with one attached hydrogen (secondary N) is 1. The molecule has 0 bridgehead atoms. The largest absolute Gasteiger partial charge is 0.497 e. The van der Waals surface area contributed by atoms with Crippen LogP contribution >= 0.6 is 15.9 Å². The van der Waals surface area contributed by atoms with Crippen molar-refractivity contribution in [1.82, 2.24) is 0 Å². The van der Waals surface area contributed by atoms with Crippen LogP contribution in [0.3, 0.4) is 0 Å². The molecule has 1 aliphatic carbocycles. The number of anilines is 1. The Morgan fingerprint density at radius 2 is 2.00 bits per heavy atom. The van der Waals surface area contributed by atoms with Gasteiger partial charge in [0.15, 0.2) is 0 Å². The van der Waals surface area contributed by atoms with Crippen LogP contribution in [0.2, 0.25) is 0 Å². The van der Waals surface area contributed by atoms with Gasteiger partial charge in [0, 0.05) is 22.3 Å². The maximum absolute atomic E-state index is 5.32. The molecule has 1 saturated carbocycles. The molecule has 0 aliphatic heterocycles. The van der Waals surface area contributed by atoms with Gasteiger partial charge in [0.25, 0.3) is 0 Å². The Morgan fingerprint density at radius 3 is 2.63 bits per heavy atom. The van der Waals surface area contributed by atoms with Gasteiger partial charge < -0.3 is 10.1 Å². The lowest BCUT2D eigenvalue weighted by Gasteiger charge is -2.39. The highest BCUT2D eigenvalue weighted by atomic mass is 79.9. The van der Waals surface area contributed by atoms with Crippen LogP contribution in [0.1, 0.15) is 40.0 Å². The van der Waals surface area contributed by atoms with Crippen LogP contribution < -0.4 is 10.1 Å². The highest BCUT2D eigenvalue weighted by Gasteiger charge is 2.31. The number of ether oxygens (including phenoxy) is 1. The summed E-state index contributed by atoms with van der Waals surface area (Å²) >= 11 is 3.53. The van der Waals surface area contributed by atoms with E-state index in [1.165, 1.54) is 19.3 Å². The third-order valence-electron chi connectivity index (χ3n) is 3.86. The smallest absolute Gasteiger partial charge is 0.122 e. The molecule has 2 unspecified atom stereocenters. The van der Waals surface area contributed by atoms with Crippen molar-refractivity contribution < 1.29 is 4.74 Å². The van der Waals surface area contributed by atoms with Crippen LogP contribution in [0.4, 0.5) is 5.69 Å². The molecular formula is C16H24BrNO. The highest BCUT2D eigenvalue weighted by Crippen LogP contribution is 2.39. The maximum Gasteiger partial charge on any atom is 0.122 e.